The van der Waals surface area contributed by atoms with Gasteiger partial charge in [-0.3, -0.25) is 4.90 Å². The van der Waals surface area contributed by atoms with Gasteiger partial charge in [0.25, 0.3) is 0 Å². The molecule has 1 aromatic rings. The molecule has 1 aliphatic carbocycles. The van der Waals surface area contributed by atoms with Crippen molar-refractivity contribution in [1.82, 2.24) is 4.90 Å². The first kappa shape index (κ1) is 13.3. The Morgan fingerprint density at radius 2 is 2.12 bits per heavy atom. The van der Waals surface area contributed by atoms with Crippen LogP contribution in [-0.2, 0) is 6.54 Å². The fourth-order valence-electron chi connectivity index (χ4n) is 2.66. The molecule has 1 aliphatic rings. The number of nitrogens with two attached hydrogens (primary N) is 1. The minimum absolute atomic E-state index is 0.331. The van der Waals surface area contributed by atoms with Crippen LogP contribution in [0.4, 0.5) is 0 Å². The average Bonchev–Trinajstić information content (AvgIpc) is 2.57. The van der Waals surface area contributed by atoms with Gasteiger partial charge < -0.3 is 5.73 Å². The molecule has 1 saturated carbocycles. The Morgan fingerprint density at radius 1 is 1.35 bits per heavy atom. The van der Waals surface area contributed by atoms with Crippen LogP contribution in [0.15, 0.2) is 12.1 Å². The van der Waals surface area contributed by atoms with Crippen molar-refractivity contribution < 1.29 is 0 Å². The summed E-state index contributed by atoms with van der Waals surface area (Å²) in [5.74, 6) is 0. The summed E-state index contributed by atoms with van der Waals surface area (Å²) in [4.78, 5) is 3.73. The van der Waals surface area contributed by atoms with E-state index in [-0.39, 0.29) is 0 Å². The third-order valence-electron chi connectivity index (χ3n) is 3.63. The van der Waals surface area contributed by atoms with Crippen LogP contribution in [0.3, 0.4) is 0 Å². The van der Waals surface area contributed by atoms with Crippen molar-refractivity contribution in [3.63, 3.8) is 0 Å². The summed E-state index contributed by atoms with van der Waals surface area (Å²) in [5.41, 5.74) is 6.27. The van der Waals surface area contributed by atoms with E-state index in [1.54, 1.807) is 11.3 Å². The first-order chi connectivity index (χ1) is 8.16. The molecule has 2 N–H and O–H groups in total. The summed E-state index contributed by atoms with van der Waals surface area (Å²) in [6, 6.07) is 4.95. The molecule has 2 atom stereocenters. The van der Waals surface area contributed by atoms with Crippen molar-refractivity contribution in [2.75, 3.05) is 7.05 Å². The molecular formula is C13H21ClN2S. The van der Waals surface area contributed by atoms with Crippen LogP contribution in [-0.4, -0.2) is 24.0 Å². The monoisotopic (exact) mass is 272 g/mol. The summed E-state index contributed by atoms with van der Waals surface area (Å²) < 4.78 is 0.874. The lowest BCUT2D eigenvalue weighted by Crippen LogP contribution is -2.44. The Morgan fingerprint density at radius 3 is 2.82 bits per heavy atom. The topological polar surface area (TPSA) is 29.3 Å². The largest absolute Gasteiger partial charge is 0.326 e. The van der Waals surface area contributed by atoms with Gasteiger partial charge in [-0.15, -0.1) is 11.3 Å². The van der Waals surface area contributed by atoms with Crippen molar-refractivity contribution in [3.05, 3.63) is 21.3 Å². The molecule has 1 fully saturated rings. The minimum atomic E-state index is 0.331. The van der Waals surface area contributed by atoms with Crippen molar-refractivity contribution in [3.8, 4) is 0 Å². The SMILES string of the molecule is CN(Cc1ccc(Cl)s1)C1CCCCCC1N. The highest BCUT2D eigenvalue weighted by molar-refractivity contribution is 7.16. The van der Waals surface area contributed by atoms with Crippen LogP contribution >= 0.6 is 22.9 Å². The molecule has 0 spiro atoms. The van der Waals surface area contributed by atoms with E-state index in [1.165, 1.54) is 37.0 Å². The summed E-state index contributed by atoms with van der Waals surface area (Å²) in [7, 11) is 2.18. The molecule has 0 radical (unpaired) electrons. The van der Waals surface area contributed by atoms with Gasteiger partial charge in [0.2, 0.25) is 0 Å². The average molecular weight is 273 g/mol. The number of thiophene rings is 1. The van der Waals surface area contributed by atoms with Crippen molar-refractivity contribution in [1.29, 1.82) is 0 Å². The zero-order valence-electron chi connectivity index (χ0n) is 10.4. The van der Waals surface area contributed by atoms with Crippen molar-refractivity contribution in [2.45, 2.75) is 50.7 Å². The molecule has 0 saturated heterocycles. The number of likely N-dealkylation sites (N-methyl/N-ethyl adjacent to an activating group) is 1. The lowest BCUT2D eigenvalue weighted by Gasteiger charge is -2.31. The molecule has 1 heterocycles. The highest BCUT2D eigenvalue weighted by Gasteiger charge is 2.24. The maximum Gasteiger partial charge on any atom is 0.0931 e. The highest BCUT2D eigenvalue weighted by atomic mass is 35.5. The predicted octanol–water partition coefficient (Wildman–Crippen LogP) is 3.49. The van der Waals surface area contributed by atoms with Gasteiger partial charge in [-0.2, -0.15) is 0 Å². The maximum atomic E-state index is 6.27. The fraction of sp³-hybridized carbons (Fsp3) is 0.692. The minimum Gasteiger partial charge on any atom is -0.326 e. The van der Waals surface area contributed by atoms with Crippen LogP contribution in [0.5, 0.6) is 0 Å². The summed E-state index contributed by atoms with van der Waals surface area (Å²) >= 11 is 7.63. The van der Waals surface area contributed by atoms with Gasteiger partial charge in [0.15, 0.2) is 0 Å². The third-order valence-corrected chi connectivity index (χ3v) is 4.85. The van der Waals surface area contributed by atoms with E-state index in [1.807, 2.05) is 6.07 Å². The molecule has 0 aromatic carbocycles. The summed E-state index contributed by atoms with van der Waals surface area (Å²) in [5, 5.41) is 0. The Hall–Kier alpha value is -0.0900. The van der Waals surface area contributed by atoms with E-state index in [4.69, 9.17) is 17.3 Å². The second kappa shape index (κ2) is 6.19. The zero-order valence-corrected chi connectivity index (χ0v) is 11.9. The van der Waals surface area contributed by atoms with Crippen LogP contribution in [0.1, 0.15) is 37.0 Å². The summed E-state index contributed by atoms with van der Waals surface area (Å²) in [6.45, 7) is 0.968. The molecule has 17 heavy (non-hydrogen) atoms. The Bertz CT molecular complexity index is 353. The van der Waals surface area contributed by atoms with E-state index in [2.05, 4.69) is 18.0 Å². The lowest BCUT2D eigenvalue weighted by atomic mass is 10.0. The van der Waals surface area contributed by atoms with Gasteiger partial charge in [0.05, 0.1) is 4.34 Å². The Balaban J connectivity index is 1.95. The first-order valence-corrected chi connectivity index (χ1v) is 7.56. The number of hydrogen-bond acceptors (Lipinski definition) is 3. The Labute approximate surface area is 113 Å². The van der Waals surface area contributed by atoms with E-state index >= 15 is 0 Å². The molecule has 2 unspecified atom stereocenters. The summed E-state index contributed by atoms with van der Waals surface area (Å²) in [6.07, 6.45) is 6.34. The second-order valence-electron chi connectivity index (χ2n) is 4.99. The molecule has 2 nitrogen and oxygen atoms in total. The standard InChI is InChI=1S/C13H21ClN2S/c1-16(9-10-7-8-13(14)17-10)12-6-4-2-3-5-11(12)15/h7-8,11-12H,2-6,9,15H2,1H3. The predicted molar refractivity (Wildman–Crippen MR) is 75.6 cm³/mol. The third kappa shape index (κ3) is 3.68. The second-order valence-corrected chi connectivity index (χ2v) is 6.79. The van der Waals surface area contributed by atoms with Gasteiger partial charge in [0, 0.05) is 23.5 Å². The van der Waals surface area contributed by atoms with E-state index < -0.39 is 0 Å². The van der Waals surface area contributed by atoms with E-state index in [0.29, 0.717) is 12.1 Å². The first-order valence-electron chi connectivity index (χ1n) is 6.37. The maximum absolute atomic E-state index is 6.27. The fourth-order valence-corrected chi connectivity index (χ4v) is 3.81. The molecular weight excluding hydrogens is 252 g/mol. The number of hydrogen-bond donors (Lipinski definition) is 1. The molecule has 0 amide bonds. The van der Waals surface area contributed by atoms with Crippen molar-refractivity contribution >= 4 is 22.9 Å². The molecule has 1 aromatic heterocycles. The molecule has 0 aliphatic heterocycles. The van der Waals surface area contributed by atoms with Crippen molar-refractivity contribution in [2.24, 2.45) is 5.73 Å². The zero-order chi connectivity index (χ0) is 12.3. The Kier molecular flexibility index (Phi) is 4.86. The van der Waals surface area contributed by atoms with Crippen LogP contribution in [0.25, 0.3) is 0 Å². The van der Waals surface area contributed by atoms with Crippen LogP contribution < -0.4 is 5.73 Å². The van der Waals surface area contributed by atoms with Crippen LogP contribution in [0, 0.1) is 0 Å². The van der Waals surface area contributed by atoms with E-state index in [9.17, 15) is 0 Å². The number of rotatable bonds is 3. The molecule has 2 rings (SSSR count). The lowest BCUT2D eigenvalue weighted by molar-refractivity contribution is 0.194. The highest BCUT2D eigenvalue weighted by Crippen LogP contribution is 2.25. The normalized spacial score (nSPS) is 26.1. The number of halogens is 1. The van der Waals surface area contributed by atoms with Gasteiger partial charge >= 0.3 is 0 Å². The smallest absolute Gasteiger partial charge is 0.0931 e. The van der Waals surface area contributed by atoms with Gasteiger partial charge in [-0.05, 0) is 32.0 Å². The van der Waals surface area contributed by atoms with Gasteiger partial charge in [0.1, 0.15) is 0 Å². The number of nitrogens with zero attached hydrogens (tertiary/aromatic N) is 1. The van der Waals surface area contributed by atoms with Gasteiger partial charge in [-0.25, -0.2) is 0 Å². The van der Waals surface area contributed by atoms with Gasteiger partial charge in [-0.1, -0.05) is 30.9 Å². The molecule has 96 valence electrons. The van der Waals surface area contributed by atoms with E-state index in [0.717, 1.165) is 10.9 Å². The van der Waals surface area contributed by atoms with Crippen LogP contribution in [0.2, 0.25) is 4.34 Å². The molecule has 0 bridgehead atoms. The molecule has 4 heteroatoms. The quantitative estimate of drug-likeness (QED) is 0.854.